The number of nitrogens with one attached hydrogen (secondary N) is 1. The molecular weight excluding hydrogens is 374 g/mol. The largest absolute Gasteiger partial charge is 0.412 e. The first kappa shape index (κ1) is 16.1. The Labute approximate surface area is 132 Å². The number of hydrogen-bond donors (Lipinski definition) is 1. The zero-order valence-corrected chi connectivity index (χ0v) is 12.7. The smallest absolute Gasteiger partial charge is 0.368 e. The fourth-order valence-electron chi connectivity index (χ4n) is 1.82. The van der Waals surface area contributed by atoms with Gasteiger partial charge in [-0.3, -0.25) is 0 Å². The van der Waals surface area contributed by atoms with Gasteiger partial charge in [-0.2, -0.15) is 13.2 Å². The van der Waals surface area contributed by atoms with Crippen LogP contribution in [0.2, 0.25) is 5.02 Å². The van der Waals surface area contributed by atoms with E-state index in [1.165, 1.54) is 24.3 Å². The van der Waals surface area contributed by atoms with Crippen LogP contribution in [-0.2, 0) is 0 Å². The van der Waals surface area contributed by atoms with Crippen LogP contribution in [0.25, 0.3) is 0 Å². The van der Waals surface area contributed by atoms with Crippen molar-refractivity contribution >= 4 is 33.2 Å². The number of hydrogen-bond acceptors (Lipinski definition) is 1. The van der Waals surface area contributed by atoms with Crippen molar-refractivity contribution in [2.24, 2.45) is 0 Å². The van der Waals surface area contributed by atoms with Crippen molar-refractivity contribution in [3.8, 4) is 0 Å². The van der Waals surface area contributed by atoms with E-state index < -0.39 is 18.0 Å². The third kappa shape index (κ3) is 3.89. The molecule has 1 nitrogen and oxygen atoms in total. The molecule has 0 aliphatic carbocycles. The van der Waals surface area contributed by atoms with Gasteiger partial charge in [0.05, 0.1) is 10.7 Å². The average molecular weight is 383 g/mol. The van der Waals surface area contributed by atoms with Gasteiger partial charge in [0.2, 0.25) is 0 Å². The third-order valence-corrected chi connectivity index (χ3v) is 3.68. The maximum atomic E-state index is 13.2. The van der Waals surface area contributed by atoms with E-state index in [0.717, 1.165) is 12.1 Å². The molecule has 0 aromatic heterocycles. The second kappa shape index (κ2) is 6.23. The van der Waals surface area contributed by atoms with Gasteiger partial charge in [0.15, 0.2) is 0 Å². The summed E-state index contributed by atoms with van der Waals surface area (Å²) in [5, 5.41) is 2.20. The summed E-state index contributed by atoms with van der Waals surface area (Å²) in [5.41, 5.74) is 0.0292. The van der Waals surface area contributed by atoms with E-state index >= 15 is 0 Å². The molecule has 21 heavy (non-hydrogen) atoms. The molecule has 2 aromatic rings. The minimum atomic E-state index is -4.53. The number of benzene rings is 2. The lowest BCUT2D eigenvalue weighted by Crippen LogP contribution is -2.28. The zero-order valence-electron chi connectivity index (χ0n) is 10.4. The van der Waals surface area contributed by atoms with Gasteiger partial charge in [-0.15, -0.1) is 0 Å². The molecule has 0 heterocycles. The van der Waals surface area contributed by atoms with Gasteiger partial charge in [0, 0.05) is 4.47 Å². The molecule has 0 spiro atoms. The highest BCUT2D eigenvalue weighted by Gasteiger charge is 2.41. The van der Waals surface area contributed by atoms with Gasteiger partial charge in [-0.1, -0.05) is 41.9 Å². The normalized spacial score (nSPS) is 13.0. The van der Waals surface area contributed by atoms with Crippen molar-refractivity contribution in [3.63, 3.8) is 0 Å². The summed E-state index contributed by atoms with van der Waals surface area (Å²) in [6, 6.07) is 7.41. The molecule has 1 N–H and O–H groups in total. The molecule has 0 amide bonds. The highest BCUT2D eigenvalue weighted by molar-refractivity contribution is 9.10. The SMILES string of the molecule is Fc1cc(Cl)c(NC(c2ccccc2)C(F)(F)F)c(Br)c1. The van der Waals surface area contributed by atoms with E-state index in [1.54, 1.807) is 6.07 Å². The van der Waals surface area contributed by atoms with Crippen molar-refractivity contribution in [2.75, 3.05) is 5.32 Å². The summed E-state index contributed by atoms with van der Waals surface area (Å²) < 4.78 is 53.0. The Morgan fingerprint density at radius 3 is 2.24 bits per heavy atom. The lowest BCUT2D eigenvalue weighted by molar-refractivity contribution is -0.144. The molecule has 2 rings (SSSR count). The molecule has 2 aromatic carbocycles. The molecular formula is C14H9BrClF4N. The zero-order chi connectivity index (χ0) is 15.6. The van der Waals surface area contributed by atoms with Crippen molar-refractivity contribution < 1.29 is 17.6 Å². The quantitative estimate of drug-likeness (QED) is 0.646. The minimum absolute atomic E-state index is 0.00996. The molecule has 1 atom stereocenters. The van der Waals surface area contributed by atoms with E-state index in [0.29, 0.717) is 0 Å². The number of halogens is 6. The Morgan fingerprint density at radius 2 is 1.71 bits per heavy atom. The van der Waals surface area contributed by atoms with Crippen LogP contribution in [0.4, 0.5) is 23.2 Å². The lowest BCUT2D eigenvalue weighted by Gasteiger charge is -2.24. The standard InChI is InChI=1S/C14H9BrClF4N/c15-10-6-9(17)7-11(16)12(10)21-13(14(18,19)20)8-4-2-1-3-5-8/h1-7,13,21H. The van der Waals surface area contributed by atoms with E-state index in [-0.39, 0.29) is 20.7 Å². The molecule has 0 saturated heterocycles. The fraction of sp³-hybridized carbons (Fsp3) is 0.143. The monoisotopic (exact) mass is 381 g/mol. The molecule has 1 unspecified atom stereocenters. The van der Waals surface area contributed by atoms with Gasteiger partial charge in [0.25, 0.3) is 0 Å². The van der Waals surface area contributed by atoms with Gasteiger partial charge < -0.3 is 5.32 Å². The van der Waals surface area contributed by atoms with Crippen molar-refractivity contribution in [2.45, 2.75) is 12.2 Å². The minimum Gasteiger partial charge on any atom is -0.368 e. The van der Waals surface area contributed by atoms with Gasteiger partial charge in [-0.05, 0) is 33.6 Å². The highest BCUT2D eigenvalue weighted by Crippen LogP contribution is 2.40. The van der Waals surface area contributed by atoms with Crippen LogP contribution in [0.3, 0.4) is 0 Å². The van der Waals surface area contributed by atoms with Crippen LogP contribution >= 0.6 is 27.5 Å². The van der Waals surface area contributed by atoms with Crippen LogP contribution in [0.1, 0.15) is 11.6 Å². The summed E-state index contributed by atoms with van der Waals surface area (Å²) in [6.07, 6.45) is -4.53. The number of rotatable bonds is 3. The molecule has 0 fully saturated rings. The summed E-state index contributed by atoms with van der Waals surface area (Å²) >= 11 is 8.83. The van der Waals surface area contributed by atoms with Crippen molar-refractivity contribution in [1.82, 2.24) is 0 Å². The number of anilines is 1. The Balaban J connectivity index is 2.42. The van der Waals surface area contributed by atoms with Crippen molar-refractivity contribution in [1.29, 1.82) is 0 Å². The van der Waals surface area contributed by atoms with E-state index in [4.69, 9.17) is 11.6 Å². The molecule has 0 saturated carbocycles. The molecule has 0 radical (unpaired) electrons. The summed E-state index contributed by atoms with van der Waals surface area (Å²) in [5.74, 6) is -0.638. The van der Waals surface area contributed by atoms with Gasteiger partial charge >= 0.3 is 6.18 Å². The average Bonchev–Trinajstić information content (AvgIpc) is 2.37. The van der Waals surface area contributed by atoms with Gasteiger partial charge in [-0.25, -0.2) is 4.39 Å². The predicted octanol–water partition coefficient (Wildman–Crippen LogP) is 5.96. The lowest BCUT2D eigenvalue weighted by atomic mass is 10.1. The van der Waals surface area contributed by atoms with E-state index in [9.17, 15) is 17.6 Å². The van der Waals surface area contributed by atoms with Gasteiger partial charge in [0.1, 0.15) is 11.9 Å². The summed E-state index contributed by atoms with van der Waals surface area (Å²) in [4.78, 5) is 0. The van der Waals surface area contributed by atoms with Crippen LogP contribution in [0.15, 0.2) is 46.9 Å². The third-order valence-electron chi connectivity index (χ3n) is 2.76. The van der Waals surface area contributed by atoms with Crippen LogP contribution in [0.5, 0.6) is 0 Å². The summed E-state index contributed by atoms with van der Waals surface area (Å²) in [7, 11) is 0. The molecule has 0 aliphatic heterocycles. The van der Waals surface area contributed by atoms with Crippen LogP contribution in [-0.4, -0.2) is 6.18 Å². The first-order chi connectivity index (χ1) is 9.79. The highest BCUT2D eigenvalue weighted by atomic mass is 79.9. The molecule has 7 heteroatoms. The van der Waals surface area contributed by atoms with Crippen molar-refractivity contribution in [3.05, 3.63) is 63.3 Å². The predicted molar refractivity (Wildman–Crippen MR) is 78.0 cm³/mol. The van der Waals surface area contributed by atoms with Crippen LogP contribution in [0, 0.1) is 5.82 Å². The topological polar surface area (TPSA) is 12.0 Å². The Kier molecular flexibility index (Phi) is 4.78. The first-order valence-electron chi connectivity index (χ1n) is 5.82. The van der Waals surface area contributed by atoms with E-state index in [1.807, 2.05) is 0 Å². The molecule has 0 bridgehead atoms. The Hall–Kier alpha value is -1.27. The second-order valence-corrected chi connectivity index (χ2v) is 5.54. The Morgan fingerprint density at radius 1 is 1.10 bits per heavy atom. The maximum Gasteiger partial charge on any atom is 0.412 e. The fourth-order valence-corrected chi connectivity index (χ4v) is 2.75. The Bertz CT molecular complexity index is 608. The molecule has 112 valence electrons. The first-order valence-corrected chi connectivity index (χ1v) is 6.99. The summed E-state index contributed by atoms with van der Waals surface area (Å²) in [6.45, 7) is 0. The van der Waals surface area contributed by atoms with Crippen LogP contribution < -0.4 is 5.32 Å². The van der Waals surface area contributed by atoms with E-state index in [2.05, 4.69) is 21.2 Å². The maximum absolute atomic E-state index is 13.2. The second-order valence-electron chi connectivity index (χ2n) is 4.27. The number of alkyl halides is 3. The molecule has 0 aliphatic rings.